The molecule has 1 unspecified atom stereocenters. The molecule has 0 aliphatic heterocycles. The zero-order valence-corrected chi connectivity index (χ0v) is 10.2. The molecular weight excluding hydrogens is 249 g/mol. The van der Waals surface area contributed by atoms with Crippen molar-refractivity contribution in [2.45, 2.75) is 13.0 Å². The summed E-state index contributed by atoms with van der Waals surface area (Å²) < 4.78 is 12.7. The van der Waals surface area contributed by atoms with Gasteiger partial charge in [0.15, 0.2) is 0 Å². The average molecular weight is 261 g/mol. The van der Waals surface area contributed by atoms with Crippen LogP contribution in [0.4, 0.5) is 15.8 Å². The molecule has 0 spiro atoms. The predicted octanol–water partition coefficient (Wildman–Crippen LogP) is 3.30. The first-order valence-electron chi connectivity index (χ1n) is 5.68. The summed E-state index contributed by atoms with van der Waals surface area (Å²) in [4.78, 5) is 13.7. The summed E-state index contributed by atoms with van der Waals surface area (Å²) in [6.45, 7) is 1.91. The molecule has 2 rings (SSSR count). The molecule has 98 valence electrons. The maximum absolute atomic E-state index is 12.7. The van der Waals surface area contributed by atoms with Gasteiger partial charge in [0.1, 0.15) is 0 Å². The fourth-order valence-corrected chi connectivity index (χ4v) is 1.68. The molecule has 1 aromatic heterocycles. The lowest BCUT2D eigenvalue weighted by Crippen LogP contribution is -2.07. The number of nitrogens with zero attached hydrogens (tertiary/aromatic N) is 2. The van der Waals surface area contributed by atoms with E-state index in [1.807, 2.05) is 6.92 Å². The minimum absolute atomic E-state index is 0.0550. The van der Waals surface area contributed by atoms with Gasteiger partial charge in [-0.2, -0.15) is 4.39 Å². The van der Waals surface area contributed by atoms with Crippen LogP contribution in [0.5, 0.6) is 0 Å². The summed E-state index contributed by atoms with van der Waals surface area (Å²) in [6.07, 6.45) is 1.40. The van der Waals surface area contributed by atoms with Gasteiger partial charge in [-0.05, 0) is 24.6 Å². The molecule has 1 atom stereocenters. The SMILES string of the molecule is CC(Nc1ccc(F)nc1)c1ccc([N+](=O)[O-])cc1. The van der Waals surface area contributed by atoms with E-state index in [9.17, 15) is 14.5 Å². The van der Waals surface area contributed by atoms with E-state index in [2.05, 4.69) is 10.3 Å². The van der Waals surface area contributed by atoms with Crippen molar-refractivity contribution in [2.75, 3.05) is 5.32 Å². The van der Waals surface area contributed by atoms with Crippen molar-refractivity contribution in [3.8, 4) is 0 Å². The van der Waals surface area contributed by atoms with Crippen molar-refractivity contribution >= 4 is 11.4 Å². The number of halogens is 1. The van der Waals surface area contributed by atoms with E-state index in [1.165, 1.54) is 24.4 Å². The minimum atomic E-state index is -0.534. The van der Waals surface area contributed by atoms with Crippen LogP contribution >= 0.6 is 0 Å². The third-order valence-electron chi connectivity index (χ3n) is 2.71. The van der Waals surface area contributed by atoms with Crippen molar-refractivity contribution in [1.82, 2.24) is 4.98 Å². The Morgan fingerprint density at radius 1 is 1.26 bits per heavy atom. The Bertz CT molecular complexity index is 569. The van der Waals surface area contributed by atoms with Gasteiger partial charge >= 0.3 is 0 Å². The second-order valence-corrected chi connectivity index (χ2v) is 4.08. The van der Waals surface area contributed by atoms with Gasteiger partial charge in [-0.3, -0.25) is 10.1 Å². The van der Waals surface area contributed by atoms with Gasteiger partial charge in [-0.1, -0.05) is 12.1 Å². The van der Waals surface area contributed by atoms with Gasteiger partial charge in [0.25, 0.3) is 5.69 Å². The number of nitrogens with one attached hydrogen (secondary N) is 1. The van der Waals surface area contributed by atoms with E-state index in [4.69, 9.17) is 0 Å². The Balaban J connectivity index is 2.09. The van der Waals surface area contributed by atoms with E-state index >= 15 is 0 Å². The number of non-ortho nitro benzene ring substituents is 1. The number of pyridine rings is 1. The third kappa shape index (κ3) is 3.25. The fourth-order valence-electron chi connectivity index (χ4n) is 1.68. The van der Waals surface area contributed by atoms with Crippen LogP contribution in [0.25, 0.3) is 0 Å². The second kappa shape index (κ2) is 5.43. The summed E-state index contributed by atoms with van der Waals surface area (Å²) in [5.41, 5.74) is 1.64. The maximum atomic E-state index is 12.7. The molecule has 0 saturated carbocycles. The van der Waals surface area contributed by atoms with E-state index < -0.39 is 10.9 Å². The average Bonchev–Trinajstić information content (AvgIpc) is 2.41. The van der Waals surface area contributed by atoms with Gasteiger partial charge in [0.2, 0.25) is 5.95 Å². The van der Waals surface area contributed by atoms with Gasteiger partial charge < -0.3 is 5.32 Å². The zero-order valence-electron chi connectivity index (χ0n) is 10.2. The highest BCUT2D eigenvalue weighted by Gasteiger charge is 2.09. The third-order valence-corrected chi connectivity index (χ3v) is 2.71. The number of rotatable bonds is 4. The molecule has 6 heteroatoms. The van der Waals surface area contributed by atoms with Crippen LogP contribution < -0.4 is 5.32 Å². The summed E-state index contributed by atoms with van der Waals surface area (Å²) in [5, 5.41) is 13.7. The lowest BCUT2D eigenvalue weighted by Gasteiger charge is -2.15. The van der Waals surface area contributed by atoms with Gasteiger partial charge in [-0.25, -0.2) is 4.98 Å². The van der Waals surface area contributed by atoms with E-state index in [-0.39, 0.29) is 11.7 Å². The second-order valence-electron chi connectivity index (χ2n) is 4.08. The van der Waals surface area contributed by atoms with Crippen LogP contribution in [0.3, 0.4) is 0 Å². The molecule has 1 aromatic carbocycles. The molecule has 0 saturated heterocycles. The van der Waals surface area contributed by atoms with E-state index in [0.29, 0.717) is 5.69 Å². The van der Waals surface area contributed by atoms with Gasteiger partial charge in [0.05, 0.1) is 16.8 Å². The van der Waals surface area contributed by atoms with Crippen molar-refractivity contribution in [3.05, 3.63) is 64.2 Å². The van der Waals surface area contributed by atoms with Gasteiger partial charge in [-0.15, -0.1) is 0 Å². The predicted molar refractivity (Wildman–Crippen MR) is 69.3 cm³/mol. The fraction of sp³-hybridized carbons (Fsp3) is 0.154. The van der Waals surface area contributed by atoms with Crippen LogP contribution in [0.15, 0.2) is 42.6 Å². The Kier molecular flexibility index (Phi) is 3.70. The van der Waals surface area contributed by atoms with Crippen LogP contribution in [0.2, 0.25) is 0 Å². The first-order chi connectivity index (χ1) is 9.06. The van der Waals surface area contributed by atoms with Crippen molar-refractivity contribution in [2.24, 2.45) is 0 Å². The Morgan fingerprint density at radius 2 is 1.95 bits per heavy atom. The smallest absolute Gasteiger partial charge is 0.269 e. The van der Waals surface area contributed by atoms with E-state index in [0.717, 1.165) is 5.56 Å². The molecule has 0 bridgehead atoms. The number of hydrogen-bond acceptors (Lipinski definition) is 4. The summed E-state index contributed by atoms with van der Waals surface area (Å²) >= 11 is 0. The van der Waals surface area contributed by atoms with Crippen LogP contribution in [0, 0.1) is 16.1 Å². The maximum Gasteiger partial charge on any atom is 0.269 e. The summed E-state index contributed by atoms with van der Waals surface area (Å²) in [7, 11) is 0. The normalized spacial score (nSPS) is 11.9. The number of nitro benzene ring substituents is 1. The molecule has 0 fully saturated rings. The zero-order chi connectivity index (χ0) is 13.8. The molecule has 1 heterocycles. The van der Waals surface area contributed by atoms with Crippen LogP contribution in [-0.2, 0) is 0 Å². The molecule has 5 nitrogen and oxygen atoms in total. The van der Waals surface area contributed by atoms with Crippen LogP contribution in [-0.4, -0.2) is 9.91 Å². The van der Waals surface area contributed by atoms with E-state index in [1.54, 1.807) is 18.2 Å². The van der Waals surface area contributed by atoms with Gasteiger partial charge in [0, 0.05) is 18.2 Å². The number of benzene rings is 1. The monoisotopic (exact) mass is 261 g/mol. The summed E-state index contributed by atoms with van der Waals surface area (Å²) in [5.74, 6) is -0.534. The van der Waals surface area contributed by atoms with Crippen LogP contribution in [0.1, 0.15) is 18.5 Å². The summed E-state index contributed by atoms with van der Waals surface area (Å²) in [6, 6.07) is 9.08. The highest BCUT2D eigenvalue weighted by atomic mass is 19.1. The molecule has 0 amide bonds. The van der Waals surface area contributed by atoms with Crippen molar-refractivity contribution in [1.29, 1.82) is 0 Å². The minimum Gasteiger partial charge on any atom is -0.377 e. The topological polar surface area (TPSA) is 68.1 Å². The Hall–Kier alpha value is -2.50. The first kappa shape index (κ1) is 12.9. The highest BCUT2D eigenvalue weighted by Crippen LogP contribution is 2.21. The molecule has 0 radical (unpaired) electrons. The molecule has 2 aromatic rings. The molecule has 19 heavy (non-hydrogen) atoms. The molecule has 0 aliphatic carbocycles. The standard InChI is InChI=1S/C13H12FN3O2/c1-9(16-11-4-7-13(14)15-8-11)10-2-5-12(6-3-10)17(18)19/h2-9,16H,1H3. The number of hydrogen-bond donors (Lipinski definition) is 1. The first-order valence-corrected chi connectivity index (χ1v) is 5.68. The lowest BCUT2D eigenvalue weighted by molar-refractivity contribution is -0.384. The molecule has 0 aliphatic rings. The highest BCUT2D eigenvalue weighted by molar-refractivity contribution is 5.44. The van der Waals surface area contributed by atoms with Crippen molar-refractivity contribution < 1.29 is 9.31 Å². The number of anilines is 1. The Labute approximate surface area is 109 Å². The molecular formula is C13H12FN3O2. The lowest BCUT2D eigenvalue weighted by atomic mass is 10.1. The largest absolute Gasteiger partial charge is 0.377 e. The number of aromatic nitrogens is 1. The Morgan fingerprint density at radius 3 is 2.47 bits per heavy atom. The van der Waals surface area contributed by atoms with Crippen molar-refractivity contribution in [3.63, 3.8) is 0 Å². The quantitative estimate of drug-likeness (QED) is 0.521. The number of nitro groups is 1. The molecule has 1 N–H and O–H groups in total.